The fourth-order valence-corrected chi connectivity index (χ4v) is 4.35. The van der Waals surface area contributed by atoms with Crippen molar-refractivity contribution in [1.82, 2.24) is 0 Å². The van der Waals surface area contributed by atoms with Crippen molar-refractivity contribution < 1.29 is 31.4 Å². The number of fused-ring (bicyclic) bond motifs is 1. The average Bonchev–Trinajstić information content (AvgIpc) is 2.36. The lowest BCUT2D eigenvalue weighted by Crippen LogP contribution is -2.62. The quantitative estimate of drug-likeness (QED) is 0.674. The Morgan fingerprint density at radius 2 is 1.18 bits per heavy atom. The third-order valence-electron chi connectivity index (χ3n) is 5.92. The summed E-state index contributed by atoms with van der Waals surface area (Å²) in [5, 5.41) is 9.57. The molecule has 0 aromatic carbocycles. The Balaban J connectivity index is 2.23. The number of hydrogen-bond donors (Lipinski definition) is 1. The molecule has 1 nitrogen and oxygen atoms in total. The van der Waals surface area contributed by atoms with E-state index in [4.69, 9.17) is 0 Å². The van der Waals surface area contributed by atoms with E-state index < -0.39 is 23.9 Å². The summed E-state index contributed by atoms with van der Waals surface area (Å²) in [5.41, 5.74) is -4.59. The predicted molar refractivity (Wildman–Crippen MR) is 68.9 cm³/mol. The molecule has 0 aromatic rings. The molecule has 0 aromatic heterocycles. The van der Waals surface area contributed by atoms with Gasteiger partial charge in [0.25, 0.3) is 5.60 Å². The number of rotatable bonds is 1. The van der Waals surface area contributed by atoms with Gasteiger partial charge in [-0.3, -0.25) is 0 Å². The van der Waals surface area contributed by atoms with Gasteiger partial charge in [-0.05, 0) is 55.8 Å². The molecular formula is C15H22F6O. The second kappa shape index (κ2) is 5.56. The van der Waals surface area contributed by atoms with Gasteiger partial charge in [0.15, 0.2) is 0 Å². The fourth-order valence-electron chi connectivity index (χ4n) is 4.35. The molecule has 7 heteroatoms. The van der Waals surface area contributed by atoms with Crippen LogP contribution in [0.3, 0.4) is 0 Å². The number of halogens is 6. The summed E-state index contributed by atoms with van der Waals surface area (Å²) in [7, 11) is 0. The van der Waals surface area contributed by atoms with Crippen molar-refractivity contribution >= 4 is 0 Å². The summed E-state index contributed by atoms with van der Waals surface area (Å²) < 4.78 is 77.9. The van der Waals surface area contributed by atoms with Crippen molar-refractivity contribution in [3.8, 4) is 0 Å². The van der Waals surface area contributed by atoms with Crippen LogP contribution in [0.15, 0.2) is 0 Å². The Bertz CT molecular complexity index is 388. The van der Waals surface area contributed by atoms with Crippen LogP contribution in [0.5, 0.6) is 0 Å². The number of aliphatic hydroxyl groups is 1. The highest BCUT2D eigenvalue weighted by molar-refractivity contribution is 5.02. The maximum Gasteiger partial charge on any atom is 0.426 e. The van der Waals surface area contributed by atoms with Crippen LogP contribution in [-0.2, 0) is 0 Å². The first kappa shape index (κ1) is 17.9. The molecule has 0 aliphatic heterocycles. The van der Waals surface area contributed by atoms with Crippen molar-refractivity contribution in [2.24, 2.45) is 29.6 Å². The van der Waals surface area contributed by atoms with Gasteiger partial charge in [0.2, 0.25) is 0 Å². The highest BCUT2D eigenvalue weighted by atomic mass is 19.4. The minimum absolute atomic E-state index is 0.152. The second-order valence-corrected chi connectivity index (χ2v) is 7.22. The van der Waals surface area contributed by atoms with Crippen LogP contribution in [0.25, 0.3) is 0 Å². The van der Waals surface area contributed by atoms with Crippen LogP contribution < -0.4 is 0 Å². The third kappa shape index (κ3) is 2.85. The average molecular weight is 332 g/mol. The molecule has 2 fully saturated rings. The van der Waals surface area contributed by atoms with Gasteiger partial charge in [0.1, 0.15) is 0 Å². The molecule has 0 heterocycles. The van der Waals surface area contributed by atoms with Crippen LogP contribution >= 0.6 is 0 Å². The smallest absolute Gasteiger partial charge is 0.373 e. The Morgan fingerprint density at radius 3 is 1.64 bits per heavy atom. The van der Waals surface area contributed by atoms with Crippen LogP contribution in [0.4, 0.5) is 26.3 Å². The minimum Gasteiger partial charge on any atom is -0.373 e. The van der Waals surface area contributed by atoms with Gasteiger partial charge >= 0.3 is 12.4 Å². The minimum atomic E-state index is -5.70. The molecule has 0 bridgehead atoms. The topological polar surface area (TPSA) is 20.2 Å². The van der Waals surface area contributed by atoms with Gasteiger partial charge in [-0.2, -0.15) is 26.3 Å². The van der Waals surface area contributed by atoms with Crippen LogP contribution in [-0.4, -0.2) is 23.1 Å². The van der Waals surface area contributed by atoms with E-state index in [-0.39, 0.29) is 24.7 Å². The largest absolute Gasteiger partial charge is 0.426 e. The summed E-state index contributed by atoms with van der Waals surface area (Å²) in [5.74, 6) is -1.02. The summed E-state index contributed by atoms with van der Waals surface area (Å²) in [6.45, 7) is 4.07. The van der Waals surface area contributed by atoms with Gasteiger partial charge in [-0.15, -0.1) is 0 Å². The summed E-state index contributed by atoms with van der Waals surface area (Å²) in [6.07, 6.45) is -9.98. The fraction of sp³-hybridized carbons (Fsp3) is 1.00. The van der Waals surface area contributed by atoms with E-state index in [1.165, 1.54) is 0 Å². The Hall–Kier alpha value is -0.460. The normalized spacial score (nSPS) is 37.8. The lowest BCUT2D eigenvalue weighted by atomic mass is 9.59. The zero-order valence-electron chi connectivity index (χ0n) is 12.6. The van der Waals surface area contributed by atoms with Crippen LogP contribution in [0.1, 0.15) is 46.0 Å². The van der Waals surface area contributed by atoms with Gasteiger partial charge < -0.3 is 5.11 Å². The number of hydrogen-bond acceptors (Lipinski definition) is 1. The van der Waals surface area contributed by atoms with E-state index in [0.717, 1.165) is 6.42 Å². The maximum atomic E-state index is 13.0. The number of alkyl halides is 6. The molecule has 0 amide bonds. The Kier molecular flexibility index (Phi) is 4.52. The molecule has 0 saturated heterocycles. The van der Waals surface area contributed by atoms with E-state index in [9.17, 15) is 31.4 Å². The zero-order chi connectivity index (χ0) is 16.9. The van der Waals surface area contributed by atoms with Crippen molar-refractivity contribution in [2.45, 2.75) is 63.9 Å². The molecule has 2 aliphatic carbocycles. The van der Waals surface area contributed by atoms with E-state index in [1.54, 1.807) is 0 Å². The SMILES string of the molecule is CC1CC2CCC(C(O)(C(F)(F)F)C(F)(F)F)CC2CC1C. The molecule has 5 unspecified atom stereocenters. The van der Waals surface area contributed by atoms with Gasteiger partial charge in [0, 0.05) is 5.92 Å². The van der Waals surface area contributed by atoms with Crippen LogP contribution in [0.2, 0.25) is 0 Å². The molecule has 5 atom stereocenters. The molecule has 0 radical (unpaired) electrons. The maximum absolute atomic E-state index is 13.0. The third-order valence-corrected chi connectivity index (χ3v) is 5.92. The second-order valence-electron chi connectivity index (χ2n) is 7.22. The molecular weight excluding hydrogens is 310 g/mol. The van der Waals surface area contributed by atoms with E-state index in [2.05, 4.69) is 6.92 Å². The zero-order valence-corrected chi connectivity index (χ0v) is 12.6. The molecule has 2 rings (SSSR count). The monoisotopic (exact) mass is 332 g/mol. The van der Waals surface area contributed by atoms with Crippen LogP contribution in [0, 0.1) is 29.6 Å². The lowest BCUT2D eigenvalue weighted by molar-refractivity contribution is -0.388. The van der Waals surface area contributed by atoms with E-state index in [1.807, 2.05) is 6.92 Å². The van der Waals surface area contributed by atoms with E-state index in [0.29, 0.717) is 24.7 Å². The molecule has 22 heavy (non-hydrogen) atoms. The first-order valence-electron chi connectivity index (χ1n) is 7.73. The van der Waals surface area contributed by atoms with Crippen molar-refractivity contribution in [2.75, 3.05) is 0 Å². The predicted octanol–water partition coefficient (Wildman–Crippen LogP) is 4.94. The molecule has 0 spiro atoms. The van der Waals surface area contributed by atoms with E-state index >= 15 is 0 Å². The Labute approximate surface area is 126 Å². The van der Waals surface area contributed by atoms with Gasteiger partial charge in [-0.1, -0.05) is 13.8 Å². The summed E-state index contributed by atoms with van der Waals surface area (Å²) in [6, 6.07) is 0. The first-order chi connectivity index (χ1) is 9.88. The molecule has 130 valence electrons. The molecule has 1 N–H and O–H groups in total. The van der Waals surface area contributed by atoms with Gasteiger partial charge in [-0.25, -0.2) is 0 Å². The molecule has 2 saturated carbocycles. The van der Waals surface area contributed by atoms with Crippen molar-refractivity contribution in [3.05, 3.63) is 0 Å². The Morgan fingerprint density at radius 1 is 0.727 bits per heavy atom. The summed E-state index contributed by atoms with van der Waals surface area (Å²) >= 11 is 0. The summed E-state index contributed by atoms with van der Waals surface area (Å²) in [4.78, 5) is 0. The van der Waals surface area contributed by atoms with Crippen molar-refractivity contribution in [3.63, 3.8) is 0 Å². The lowest BCUT2D eigenvalue weighted by Gasteiger charge is -2.48. The van der Waals surface area contributed by atoms with Crippen molar-refractivity contribution in [1.29, 1.82) is 0 Å². The standard InChI is InChI=1S/C15H22F6O/c1-8-5-10-3-4-12(7-11(10)6-9(8)2)13(22,14(16,17)18)15(19,20)21/h8-12,22H,3-7H2,1-2H3. The highest BCUT2D eigenvalue weighted by Gasteiger charge is 2.73. The van der Waals surface area contributed by atoms with Gasteiger partial charge in [0.05, 0.1) is 0 Å². The first-order valence-corrected chi connectivity index (χ1v) is 7.73. The molecule has 2 aliphatic rings. The highest BCUT2D eigenvalue weighted by Crippen LogP contribution is 2.55.